The number of rotatable bonds is 7. The van der Waals surface area contributed by atoms with Crippen LogP contribution in [0.1, 0.15) is 44.1 Å². The molecule has 0 aromatic heterocycles. The van der Waals surface area contributed by atoms with Crippen LogP contribution in [0.2, 0.25) is 0 Å². The van der Waals surface area contributed by atoms with E-state index in [4.69, 9.17) is 5.73 Å². The van der Waals surface area contributed by atoms with Gasteiger partial charge in [-0.3, -0.25) is 9.59 Å². The van der Waals surface area contributed by atoms with Gasteiger partial charge in [-0.25, -0.2) is 0 Å². The van der Waals surface area contributed by atoms with Gasteiger partial charge in [-0.2, -0.15) is 0 Å². The lowest BCUT2D eigenvalue weighted by Crippen LogP contribution is -2.44. The Hall–Kier alpha value is -2.10. The fourth-order valence-corrected chi connectivity index (χ4v) is 2.88. The van der Waals surface area contributed by atoms with E-state index < -0.39 is 11.9 Å². The maximum atomic E-state index is 12.0. The van der Waals surface area contributed by atoms with E-state index in [1.165, 1.54) is 12.8 Å². The van der Waals surface area contributed by atoms with Crippen LogP contribution in [-0.2, 0) is 9.59 Å². The second kappa shape index (κ2) is 8.37. The highest BCUT2D eigenvalue weighted by molar-refractivity contribution is 5.86. The molecule has 118 valence electrons. The Morgan fingerprint density at radius 2 is 1.91 bits per heavy atom. The molecular weight excluding hydrogens is 276 g/mol. The van der Waals surface area contributed by atoms with E-state index in [1.54, 1.807) is 0 Å². The van der Waals surface area contributed by atoms with E-state index in [-0.39, 0.29) is 5.91 Å². The van der Waals surface area contributed by atoms with Gasteiger partial charge in [0.1, 0.15) is 6.04 Å². The Labute approximate surface area is 131 Å². The van der Waals surface area contributed by atoms with Crippen molar-refractivity contribution in [3.8, 4) is 0 Å². The van der Waals surface area contributed by atoms with Gasteiger partial charge in [-0.1, -0.05) is 55.3 Å². The molecule has 22 heavy (non-hydrogen) atoms. The van der Waals surface area contributed by atoms with Crippen molar-refractivity contribution in [1.29, 1.82) is 0 Å². The molecule has 4 heteroatoms. The largest absolute Gasteiger partial charge is 0.368 e. The summed E-state index contributed by atoms with van der Waals surface area (Å²) in [6.07, 6.45) is 9.37. The maximum Gasteiger partial charge on any atom is 0.240 e. The number of benzene rings is 1. The van der Waals surface area contributed by atoms with Crippen molar-refractivity contribution >= 4 is 17.9 Å². The van der Waals surface area contributed by atoms with Crippen molar-refractivity contribution < 1.29 is 9.59 Å². The summed E-state index contributed by atoms with van der Waals surface area (Å²) in [5.41, 5.74) is 6.44. The predicted molar refractivity (Wildman–Crippen MR) is 87.8 cm³/mol. The molecule has 0 radical (unpaired) electrons. The van der Waals surface area contributed by atoms with E-state index in [1.807, 2.05) is 42.5 Å². The zero-order valence-electron chi connectivity index (χ0n) is 12.8. The zero-order chi connectivity index (χ0) is 15.8. The summed E-state index contributed by atoms with van der Waals surface area (Å²) in [7, 11) is 0. The SMILES string of the molecule is NC(=O)[C@@H](C/C=C/c1ccccc1)NC(=O)CC1CCCC1. The van der Waals surface area contributed by atoms with Crippen LogP contribution >= 0.6 is 0 Å². The molecule has 0 aliphatic heterocycles. The molecule has 2 amide bonds. The molecule has 0 unspecified atom stereocenters. The van der Waals surface area contributed by atoms with E-state index in [9.17, 15) is 9.59 Å². The lowest BCUT2D eigenvalue weighted by Gasteiger charge is -2.15. The summed E-state index contributed by atoms with van der Waals surface area (Å²) in [4.78, 5) is 23.5. The fourth-order valence-electron chi connectivity index (χ4n) is 2.88. The summed E-state index contributed by atoms with van der Waals surface area (Å²) in [5, 5.41) is 2.76. The topological polar surface area (TPSA) is 72.2 Å². The number of primary amides is 1. The van der Waals surface area contributed by atoms with Gasteiger partial charge in [-0.15, -0.1) is 0 Å². The molecule has 2 rings (SSSR count). The Morgan fingerprint density at radius 1 is 1.23 bits per heavy atom. The molecule has 1 atom stereocenters. The predicted octanol–water partition coefficient (Wildman–Crippen LogP) is 2.64. The number of nitrogens with two attached hydrogens (primary N) is 1. The normalized spacial score (nSPS) is 16.7. The number of hydrogen-bond donors (Lipinski definition) is 2. The summed E-state index contributed by atoms with van der Waals surface area (Å²) >= 11 is 0. The van der Waals surface area contributed by atoms with Crippen molar-refractivity contribution in [3.05, 3.63) is 42.0 Å². The van der Waals surface area contributed by atoms with Gasteiger partial charge in [0.2, 0.25) is 11.8 Å². The Morgan fingerprint density at radius 3 is 2.55 bits per heavy atom. The molecule has 4 nitrogen and oxygen atoms in total. The number of carbonyl (C=O) groups is 2. The van der Waals surface area contributed by atoms with Crippen LogP contribution in [0.15, 0.2) is 36.4 Å². The second-order valence-corrected chi connectivity index (χ2v) is 5.93. The second-order valence-electron chi connectivity index (χ2n) is 5.93. The molecular formula is C18H24N2O2. The van der Waals surface area contributed by atoms with Crippen LogP contribution in [0.4, 0.5) is 0 Å². The molecule has 1 aromatic rings. The highest BCUT2D eigenvalue weighted by Gasteiger charge is 2.21. The van der Waals surface area contributed by atoms with Crippen LogP contribution < -0.4 is 11.1 Å². The van der Waals surface area contributed by atoms with E-state index in [0.717, 1.165) is 18.4 Å². The van der Waals surface area contributed by atoms with Crippen molar-refractivity contribution in [2.24, 2.45) is 11.7 Å². The minimum Gasteiger partial charge on any atom is -0.368 e. The standard InChI is InChI=1S/C18H24N2O2/c19-18(22)16(12-6-11-14-7-2-1-3-8-14)20-17(21)13-15-9-4-5-10-15/h1-3,6-8,11,15-16H,4-5,9-10,12-13H2,(H2,19,22)(H,20,21)/b11-6+/t16-/m1/s1. The van der Waals surface area contributed by atoms with Gasteiger partial charge in [-0.05, 0) is 30.7 Å². The molecule has 0 saturated heterocycles. The number of carbonyl (C=O) groups excluding carboxylic acids is 2. The Bertz CT molecular complexity index is 519. The molecule has 0 spiro atoms. The van der Waals surface area contributed by atoms with Crippen molar-refractivity contribution in [2.45, 2.75) is 44.6 Å². The molecule has 1 aliphatic carbocycles. The lowest BCUT2D eigenvalue weighted by molar-refractivity contribution is -0.127. The molecule has 0 heterocycles. The molecule has 3 N–H and O–H groups in total. The third-order valence-electron chi connectivity index (χ3n) is 4.11. The fraction of sp³-hybridized carbons (Fsp3) is 0.444. The van der Waals surface area contributed by atoms with E-state index in [0.29, 0.717) is 18.8 Å². The van der Waals surface area contributed by atoms with Gasteiger partial charge in [0.05, 0.1) is 0 Å². The number of amides is 2. The smallest absolute Gasteiger partial charge is 0.240 e. The van der Waals surface area contributed by atoms with E-state index >= 15 is 0 Å². The summed E-state index contributed by atoms with van der Waals surface area (Å²) in [6.45, 7) is 0. The molecule has 1 saturated carbocycles. The quantitative estimate of drug-likeness (QED) is 0.812. The first kappa shape index (κ1) is 16.3. The van der Waals surface area contributed by atoms with Gasteiger partial charge >= 0.3 is 0 Å². The molecule has 1 aromatic carbocycles. The van der Waals surface area contributed by atoms with Crippen molar-refractivity contribution in [3.63, 3.8) is 0 Å². The van der Waals surface area contributed by atoms with E-state index in [2.05, 4.69) is 5.32 Å². The Balaban J connectivity index is 1.82. The lowest BCUT2D eigenvalue weighted by atomic mass is 10.0. The van der Waals surface area contributed by atoms with Crippen LogP contribution in [0.25, 0.3) is 6.08 Å². The molecule has 1 fully saturated rings. The monoisotopic (exact) mass is 300 g/mol. The average molecular weight is 300 g/mol. The van der Waals surface area contributed by atoms with Crippen molar-refractivity contribution in [2.75, 3.05) is 0 Å². The van der Waals surface area contributed by atoms with Crippen LogP contribution in [0.5, 0.6) is 0 Å². The summed E-state index contributed by atoms with van der Waals surface area (Å²) in [6, 6.07) is 9.19. The number of hydrogen-bond acceptors (Lipinski definition) is 2. The molecule has 0 bridgehead atoms. The average Bonchev–Trinajstić information content (AvgIpc) is 3.00. The first-order valence-corrected chi connectivity index (χ1v) is 7.95. The summed E-state index contributed by atoms with van der Waals surface area (Å²) in [5.74, 6) is -0.0883. The third-order valence-corrected chi connectivity index (χ3v) is 4.11. The highest BCUT2D eigenvalue weighted by atomic mass is 16.2. The maximum absolute atomic E-state index is 12.0. The minimum absolute atomic E-state index is 0.0659. The van der Waals surface area contributed by atoms with Gasteiger partial charge in [0.25, 0.3) is 0 Å². The third kappa shape index (κ3) is 5.35. The molecule has 1 aliphatic rings. The van der Waals surface area contributed by atoms with Gasteiger partial charge < -0.3 is 11.1 Å². The Kier molecular flexibility index (Phi) is 6.19. The van der Waals surface area contributed by atoms with Gasteiger partial charge in [0, 0.05) is 6.42 Å². The van der Waals surface area contributed by atoms with Crippen LogP contribution in [0.3, 0.4) is 0 Å². The van der Waals surface area contributed by atoms with Crippen molar-refractivity contribution in [1.82, 2.24) is 5.32 Å². The van der Waals surface area contributed by atoms with Crippen LogP contribution in [0, 0.1) is 5.92 Å². The van der Waals surface area contributed by atoms with Gasteiger partial charge in [0.15, 0.2) is 0 Å². The van der Waals surface area contributed by atoms with Crippen LogP contribution in [-0.4, -0.2) is 17.9 Å². The summed E-state index contributed by atoms with van der Waals surface area (Å²) < 4.78 is 0. The first-order valence-electron chi connectivity index (χ1n) is 7.95. The highest BCUT2D eigenvalue weighted by Crippen LogP contribution is 2.27. The number of nitrogens with one attached hydrogen (secondary N) is 1. The first-order chi connectivity index (χ1) is 10.6. The minimum atomic E-state index is -0.631. The zero-order valence-corrected chi connectivity index (χ0v) is 12.8.